The minimum absolute atomic E-state index is 0.0713. The highest BCUT2D eigenvalue weighted by Gasteiger charge is 2.56. The Morgan fingerprint density at radius 3 is 2.05 bits per heavy atom. The monoisotopic (exact) mass is 297 g/mol. The van der Waals surface area contributed by atoms with Crippen LogP contribution in [0.3, 0.4) is 0 Å². The summed E-state index contributed by atoms with van der Waals surface area (Å²) >= 11 is 0. The molecule has 0 aliphatic heterocycles. The van der Waals surface area contributed by atoms with Crippen LogP contribution < -0.4 is 0 Å². The Balaban J connectivity index is 2.19. The number of hydrogen-bond donors (Lipinski definition) is 0. The van der Waals surface area contributed by atoms with Gasteiger partial charge in [0.2, 0.25) is 0 Å². The van der Waals surface area contributed by atoms with E-state index >= 15 is 0 Å². The SMILES string of the molecule is CC1(C)c2ccc(-c3ccc(F)cn3)cc2C(C)(C)C1(C)C. The quantitative estimate of drug-likeness (QED) is 0.679. The number of halogens is 1. The Labute approximate surface area is 132 Å². The van der Waals surface area contributed by atoms with Crippen molar-refractivity contribution < 1.29 is 4.39 Å². The molecule has 3 rings (SSSR count). The van der Waals surface area contributed by atoms with E-state index in [0.717, 1.165) is 11.3 Å². The minimum Gasteiger partial charge on any atom is -0.253 e. The molecule has 116 valence electrons. The number of rotatable bonds is 1. The Morgan fingerprint density at radius 1 is 0.818 bits per heavy atom. The van der Waals surface area contributed by atoms with Crippen LogP contribution in [0.1, 0.15) is 52.7 Å². The van der Waals surface area contributed by atoms with E-state index in [1.54, 1.807) is 6.07 Å². The summed E-state index contributed by atoms with van der Waals surface area (Å²) in [5.74, 6) is -0.299. The Kier molecular flexibility index (Phi) is 3.05. The molecule has 0 radical (unpaired) electrons. The van der Waals surface area contributed by atoms with Crippen LogP contribution in [0.4, 0.5) is 4.39 Å². The average Bonchev–Trinajstić information content (AvgIpc) is 2.56. The highest BCUT2D eigenvalue weighted by molar-refractivity contribution is 5.64. The first-order valence-electron chi connectivity index (χ1n) is 7.86. The molecule has 1 aliphatic carbocycles. The molecule has 1 nitrogen and oxygen atoms in total. The van der Waals surface area contributed by atoms with Crippen LogP contribution in [0.25, 0.3) is 11.3 Å². The van der Waals surface area contributed by atoms with E-state index in [0.29, 0.717) is 0 Å². The number of aromatic nitrogens is 1. The van der Waals surface area contributed by atoms with Crippen LogP contribution in [-0.2, 0) is 10.8 Å². The number of benzene rings is 1. The number of hydrogen-bond acceptors (Lipinski definition) is 1. The van der Waals surface area contributed by atoms with Crippen LogP contribution in [0.15, 0.2) is 36.5 Å². The maximum atomic E-state index is 13.1. The summed E-state index contributed by atoms with van der Waals surface area (Å²) in [6.45, 7) is 14.0. The van der Waals surface area contributed by atoms with Gasteiger partial charge in [-0.3, -0.25) is 4.98 Å². The van der Waals surface area contributed by atoms with Crippen molar-refractivity contribution in [3.63, 3.8) is 0 Å². The largest absolute Gasteiger partial charge is 0.253 e. The van der Waals surface area contributed by atoms with Crippen LogP contribution >= 0.6 is 0 Å². The summed E-state index contributed by atoms with van der Waals surface area (Å²) < 4.78 is 13.1. The molecule has 2 heteroatoms. The van der Waals surface area contributed by atoms with Gasteiger partial charge in [-0.05, 0) is 45.6 Å². The maximum absolute atomic E-state index is 13.1. The molecule has 0 amide bonds. The summed E-state index contributed by atoms with van der Waals surface area (Å²) in [7, 11) is 0. The lowest BCUT2D eigenvalue weighted by Crippen LogP contribution is -2.42. The van der Waals surface area contributed by atoms with Gasteiger partial charge in [-0.15, -0.1) is 0 Å². The number of fused-ring (bicyclic) bond motifs is 1. The van der Waals surface area contributed by atoms with Gasteiger partial charge in [-0.2, -0.15) is 0 Å². The predicted octanol–water partition coefficient (Wildman–Crippen LogP) is 5.48. The second-order valence-corrected chi connectivity index (χ2v) is 8.00. The molecule has 1 aliphatic rings. The lowest BCUT2D eigenvalue weighted by atomic mass is 9.59. The van der Waals surface area contributed by atoms with E-state index in [1.165, 1.54) is 23.4 Å². The fraction of sp³-hybridized carbons (Fsp3) is 0.450. The summed E-state index contributed by atoms with van der Waals surface area (Å²) in [4.78, 5) is 4.22. The Morgan fingerprint density at radius 2 is 1.45 bits per heavy atom. The van der Waals surface area contributed by atoms with Crippen LogP contribution in [0, 0.1) is 11.2 Å². The van der Waals surface area contributed by atoms with Crippen molar-refractivity contribution in [3.8, 4) is 11.3 Å². The fourth-order valence-corrected chi connectivity index (χ4v) is 3.77. The summed E-state index contributed by atoms with van der Waals surface area (Å²) in [5.41, 5.74) is 5.00. The van der Waals surface area contributed by atoms with Crippen molar-refractivity contribution in [2.24, 2.45) is 5.41 Å². The molecule has 0 atom stereocenters. The average molecular weight is 297 g/mol. The zero-order valence-corrected chi connectivity index (χ0v) is 14.3. The summed E-state index contributed by atoms with van der Waals surface area (Å²) in [6, 6.07) is 9.79. The molecule has 22 heavy (non-hydrogen) atoms. The maximum Gasteiger partial charge on any atom is 0.141 e. The normalized spacial score (nSPS) is 20.7. The standard InChI is InChI=1S/C20H24FN/c1-18(2)15-9-7-13(17-10-8-14(21)12-22-17)11-16(15)19(3,4)20(18,5)6/h7-12H,1-6H3. The van der Waals surface area contributed by atoms with E-state index < -0.39 is 0 Å². The molecule has 1 aromatic heterocycles. The van der Waals surface area contributed by atoms with Gasteiger partial charge in [0.05, 0.1) is 11.9 Å². The van der Waals surface area contributed by atoms with E-state index in [9.17, 15) is 4.39 Å². The fourth-order valence-electron chi connectivity index (χ4n) is 3.77. The van der Waals surface area contributed by atoms with Crippen molar-refractivity contribution in [2.75, 3.05) is 0 Å². The number of pyridine rings is 1. The smallest absolute Gasteiger partial charge is 0.141 e. The highest BCUT2D eigenvalue weighted by atomic mass is 19.1. The van der Waals surface area contributed by atoms with Crippen molar-refractivity contribution in [3.05, 3.63) is 53.5 Å². The molecule has 2 aromatic rings. The van der Waals surface area contributed by atoms with Crippen molar-refractivity contribution in [1.29, 1.82) is 0 Å². The second kappa shape index (κ2) is 4.41. The van der Waals surface area contributed by atoms with Crippen LogP contribution in [0.2, 0.25) is 0 Å². The van der Waals surface area contributed by atoms with E-state index in [1.807, 2.05) is 0 Å². The Hall–Kier alpha value is -1.70. The molecule has 1 aromatic carbocycles. The summed E-state index contributed by atoms with van der Waals surface area (Å²) in [6.07, 6.45) is 1.28. The number of nitrogens with zero attached hydrogens (tertiary/aromatic N) is 1. The predicted molar refractivity (Wildman–Crippen MR) is 89.5 cm³/mol. The Bertz CT molecular complexity index is 724. The van der Waals surface area contributed by atoms with Crippen molar-refractivity contribution in [2.45, 2.75) is 52.4 Å². The van der Waals surface area contributed by atoms with Gasteiger partial charge in [0.15, 0.2) is 0 Å². The van der Waals surface area contributed by atoms with E-state index in [4.69, 9.17) is 0 Å². The first-order valence-corrected chi connectivity index (χ1v) is 7.86. The highest BCUT2D eigenvalue weighted by Crippen LogP contribution is 2.61. The van der Waals surface area contributed by atoms with Gasteiger partial charge >= 0.3 is 0 Å². The molecule has 1 heterocycles. The lowest BCUT2D eigenvalue weighted by Gasteiger charge is -2.44. The zero-order valence-electron chi connectivity index (χ0n) is 14.3. The second-order valence-electron chi connectivity index (χ2n) is 8.00. The van der Waals surface area contributed by atoms with Gasteiger partial charge in [0.25, 0.3) is 0 Å². The molecule has 0 fully saturated rings. The third kappa shape index (κ3) is 1.79. The zero-order chi connectivity index (χ0) is 16.3. The van der Waals surface area contributed by atoms with Gasteiger partial charge in [-0.1, -0.05) is 53.7 Å². The van der Waals surface area contributed by atoms with Gasteiger partial charge in [0.1, 0.15) is 5.82 Å². The van der Waals surface area contributed by atoms with E-state index in [2.05, 4.69) is 64.7 Å². The topological polar surface area (TPSA) is 12.9 Å². The first-order chi connectivity index (χ1) is 10.1. The molecular formula is C20H24FN. The first kappa shape index (κ1) is 15.2. The summed E-state index contributed by atoms with van der Waals surface area (Å²) in [5, 5.41) is 0. The van der Waals surface area contributed by atoms with E-state index in [-0.39, 0.29) is 22.1 Å². The molecule has 0 N–H and O–H groups in total. The van der Waals surface area contributed by atoms with Crippen LogP contribution in [0.5, 0.6) is 0 Å². The molecule has 0 bridgehead atoms. The van der Waals surface area contributed by atoms with Gasteiger partial charge in [-0.25, -0.2) is 4.39 Å². The van der Waals surface area contributed by atoms with Crippen LogP contribution in [-0.4, -0.2) is 4.98 Å². The van der Waals surface area contributed by atoms with Gasteiger partial charge in [0, 0.05) is 5.56 Å². The minimum atomic E-state index is -0.299. The molecular weight excluding hydrogens is 273 g/mol. The van der Waals surface area contributed by atoms with Gasteiger partial charge < -0.3 is 0 Å². The molecule has 0 saturated heterocycles. The molecule has 0 unspecified atom stereocenters. The molecule has 0 spiro atoms. The van der Waals surface area contributed by atoms with Crippen molar-refractivity contribution in [1.82, 2.24) is 4.98 Å². The molecule has 0 saturated carbocycles. The lowest BCUT2D eigenvalue weighted by molar-refractivity contribution is 0.125. The third-order valence-corrected chi connectivity index (χ3v) is 6.51. The third-order valence-electron chi connectivity index (χ3n) is 6.51. The van der Waals surface area contributed by atoms with Crippen molar-refractivity contribution >= 4 is 0 Å².